The van der Waals surface area contributed by atoms with Crippen LogP contribution in [0.3, 0.4) is 0 Å². The summed E-state index contributed by atoms with van der Waals surface area (Å²) < 4.78 is 24.4. The number of nitrogens with zero attached hydrogens (tertiary/aromatic N) is 5. The second kappa shape index (κ2) is 6.82. The number of pyridine rings is 1. The number of fused-ring (bicyclic) bond motifs is 1. The third-order valence-electron chi connectivity index (χ3n) is 5.87. The number of aromatic carboxylic acids is 1. The highest BCUT2D eigenvalue weighted by Crippen LogP contribution is 2.44. The lowest BCUT2D eigenvalue weighted by Gasteiger charge is -2.24. The van der Waals surface area contributed by atoms with Gasteiger partial charge < -0.3 is 19.3 Å². The van der Waals surface area contributed by atoms with E-state index in [1.54, 1.807) is 21.6 Å². The van der Waals surface area contributed by atoms with Crippen LogP contribution in [-0.4, -0.2) is 50.8 Å². The van der Waals surface area contributed by atoms with Gasteiger partial charge in [-0.3, -0.25) is 4.79 Å². The molecule has 2 fully saturated rings. The number of aromatic nitrogens is 4. The van der Waals surface area contributed by atoms with Gasteiger partial charge in [-0.1, -0.05) is 5.21 Å². The third-order valence-corrected chi connectivity index (χ3v) is 5.87. The number of carboxylic acid groups (broad SMARTS) is 1. The molecule has 1 atom stereocenters. The van der Waals surface area contributed by atoms with Crippen molar-refractivity contribution in [1.29, 1.82) is 0 Å². The molecule has 10 heteroatoms. The SMILES string of the molecule is COc1c(N2CCC(n3ccnn3)C2)c(F)cc2c(=O)c(C(=O)O)cn(C3CC3)c12. The van der Waals surface area contributed by atoms with E-state index < -0.39 is 17.2 Å². The van der Waals surface area contributed by atoms with Crippen LogP contribution in [0, 0.1) is 5.82 Å². The Balaban J connectivity index is 1.69. The number of hydrogen-bond donors (Lipinski definition) is 1. The summed E-state index contributed by atoms with van der Waals surface area (Å²) in [4.78, 5) is 26.2. The standard InChI is InChI=1S/C20H20FN5O4/c1-30-19-16-13(18(27)14(20(28)29)10-25(16)11-2-3-11)8-15(21)17(19)24-6-4-12(9-24)26-7-5-22-23-26/h5,7-8,10-12H,2-4,6,9H2,1H3,(H,28,29). The average Bonchev–Trinajstić information content (AvgIpc) is 3.21. The molecule has 30 heavy (non-hydrogen) atoms. The van der Waals surface area contributed by atoms with Gasteiger partial charge in [0.2, 0.25) is 5.43 Å². The van der Waals surface area contributed by atoms with Crippen LogP contribution >= 0.6 is 0 Å². The Morgan fingerprint density at radius 1 is 1.30 bits per heavy atom. The van der Waals surface area contributed by atoms with Crippen LogP contribution in [0.15, 0.2) is 29.5 Å². The van der Waals surface area contributed by atoms with E-state index in [1.807, 2.05) is 4.90 Å². The van der Waals surface area contributed by atoms with Gasteiger partial charge in [-0.05, 0) is 25.3 Å². The fourth-order valence-corrected chi connectivity index (χ4v) is 4.30. The summed E-state index contributed by atoms with van der Waals surface area (Å²) in [6.45, 7) is 1.10. The Kier molecular flexibility index (Phi) is 4.23. The summed E-state index contributed by atoms with van der Waals surface area (Å²) in [5.74, 6) is -1.68. The lowest BCUT2D eigenvalue weighted by molar-refractivity contribution is 0.0695. The summed E-state index contributed by atoms with van der Waals surface area (Å²) in [5.41, 5.74) is -0.351. The van der Waals surface area contributed by atoms with Crippen molar-refractivity contribution in [1.82, 2.24) is 19.6 Å². The molecule has 0 amide bonds. The number of rotatable bonds is 5. The van der Waals surface area contributed by atoms with Crippen molar-refractivity contribution in [3.8, 4) is 5.75 Å². The Labute approximate surface area is 170 Å². The molecule has 156 valence electrons. The molecule has 9 nitrogen and oxygen atoms in total. The smallest absolute Gasteiger partial charge is 0.341 e. The fraction of sp³-hybridized carbons (Fsp3) is 0.400. The number of benzene rings is 1. The Morgan fingerprint density at radius 3 is 2.73 bits per heavy atom. The molecule has 0 bridgehead atoms. The minimum atomic E-state index is -1.32. The lowest BCUT2D eigenvalue weighted by atomic mass is 10.1. The number of carbonyl (C=O) groups is 1. The Bertz CT molecular complexity index is 1200. The number of halogens is 1. The molecule has 0 spiro atoms. The van der Waals surface area contributed by atoms with E-state index in [-0.39, 0.29) is 34.5 Å². The van der Waals surface area contributed by atoms with Crippen LogP contribution in [0.5, 0.6) is 5.75 Å². The van der Waals surface area contributed by atoms with Crippen molar-refractivity contribution in [2.75, 3.05) is 25.1 Å². The van der Waals surface area contributed by atoms with Gasteiger partial charge in [0.05, 0.1) is 30.3 Å². The topological polar surface area (TPSA) is 102 Å². The molecule has 0 radical (unpaired) electrons. The number of carboxylic acids is 1. The second-order valence-corrected chi connectivity index (χ2v) is 7.72. The third kappa shape index (κ3) is 2.82. The van der Waals surface area contributed by atoms with Crippen LogP contribution in [0.25, 0.3) is 10.9 Å². The minimum Gasteiger partial charge on any atom is -0.492 e. The Hall–Kier alpha value is -3.43. The molecular weight excluding hydrogens is 393 g/mol. The first-order chi connectivity index (χ1) is 14.5. The highest BCUT2D eigenvalue weighted by atomic mass is 19.1. The second-order valence-electron chi connectivity index (χ2n) is 7.72. The highest BCUT2D eigenvalue weighted by molar-refractivity contribution is 5.97. The van der Waals surface area contributed by atoms with Gasteiger partial charge in [-0.15, -0.1) is 5.10 Å². The van der Waals surface area contributed by atoms with Crippen LogP contribution in [0.4, 0.5) is 10.1 Å². The summed E-state index contributed by atoms with van der Waals surface area (Å²) in [6.07, 6.45) is 7.24. The van der Waals surface area contributed by atoms with E-state index in [1.165, 1.54) is 13.3 Å². The van der Waals surface area contributed by atoms with Gasteiger partial charge in [0.15, 0.2) is 11.6 Å². The first-order valence-corrected chi connectivity index (χ1v) is 9.79. The molecule has 2 aliphatic rings. The van der Waals surface area contributed by atoms with E-state index in [9.17, 15) is 14.7 Å². The lowest BCUT2D eigenvalue weighted by Crippen LogP contribution is -2.24. The monoisotopic (exact) mass is 413 g/mol. The minimum absolute atomic E-state index is 0.0203. The van der Waals surface area contributed by atoms with Crippen LogP contribution in [0.1, 0.15) is 41.7 Å². The maximum Gasteiger partial charge on any atom is 0.341 e. The van der Waals surface area contributed by atoms with Crippen molar-refractivity contribution in [3.63, 3.8) is 0 Å². The number of anilines is 1. The predicted octanol–water partition coefficient (Wildman–Crippen LogP) is 2.23. The van der Waals surface area contributed by atoms with E-state index in [2.05, 4.69) is 10.3 Å². The predicted molar refractivity (Wildman–Crippen MR) is 106 cm³/mol. The maximum atomic E-state index is 15.3. The van der Waals surface area contributed by atoms with Gasteiger partial charge in [0.25, 0.3) is 0 Å². The van der Waals surface area contributed by atoms with Crippen molar-refractivity contribution < 1.29 is 19.0 Å². The van der Waals surface area contributed by atoms with E-state index in [0.29, 0.717) is 18.6 Å². The normalized spacial score (nSPS) is 18.9. The zero-order valence-electron chi connectivity index (χ0n) is 16.3. The highest BCUT2D eigenvalue weighted by Gasteiger charge is 2.33. The number of methoxy groups -OCH3 is 1. The van der Waals surface area contributed by atoms with Gasteiger partial charge >= 0.3 is 5.97 Å². The van der Waals surface area contributed by atoms with Crippen molar-refractivity contribution in [2.24, 2.45) is 0 Å². The molecule has 3 heterocycles. The molecule has 1 aliphatic carbocycles. The van der Waals surface area contributed by atoms with Gasteiger partial charge in [0.1, 0.15) is 11.3 Å². The molecular formula is C20H20FN5O4. The zero-order chi connectivity index (χ0) is 21.0. The van der Waals surface area contributed by atoms with Gasteiger partial charge in [0, 0.05) is 31.5 Å². The van der Waals surface area contributed by atoms with Gasteiger partial charge in [-0.25, -0.2) is 13.9 Å². The average molecular weight is 413 g/mol. The molecule has 1 saturated heterocycles. The molecule has 5 rings (SSSR count). The van der Waals surface area contributed by atoms with Gasteiger partial charge in [-0.2, -0.15) is 0 Å². The molecule has 2 aromatic heterocycles. The molecule has 1 unspecified atom stereocenters. The first-order valence-electron chi connectivity index (χ1n) is 9.79. The van der Waals surface area contributed by atoms with Crippen LogP contribution in [-0.2, 0) is 0 Å². The Morgan fingerprint density at radius 2 is 2.10 bits per heavy atom. The maximum absolute atomic E-state index is 15.3. The molecule has 1 aliphatic heterocycles. The van der Waals surface area contributed by atoms with Crippen molar-refractivity contribution >= 4 is 22.6 Å². The quantitative estimate of drug-likeness (QED) is 0.684. The van der Waals surface area contributed by atoms with E-state index in [0.717, 1.165) is 25.3 Å². The summed E-state index contributed by atoms with van der Waals surface area (Å²) >= 11 is 0. The summed E-state index contributed by atoms with van der Waals surface area (Å²) in [5, 5.41) is 17.3. The van der Waals surface area contributed by atoms with E-state index in [4.69, 9.17) is 4.74 Å². The fourth-order valence-electron chi connectivity index (χ4n) is 4.30. The summed E-state index contributed by atoms with van der Waals surface area (Å²) in [7, 11) is 1.44. The summed E-state index contributed by atoms with van der Waals surface area (Å²) in [6, 6.07) is 1.26. The van der Waals surface area contributed by atoms with Crippen molar-refractivity contribution in [3.05, 3.63) is 46.3 Å². The van der Waals surface area contributed by atoms with Crippen LogP contribution in [0.2, 0.25) is 0 Å². The molecule has 3 aromatic rings. The zero-order valence-corrected chi connectivity index (χ0v) is 16.3. The molecule has 1 N–H and O–H groups in total. The van der Waals surface area contributed by atoms with Crippen LogP contribution < -0.4 is 15.1 Å². The first kappa shape index (κ1) is 18.6. The molecule has 1 saturated carbocycles. The largest absolute Gasteiger partial charge is 0.492 e. The van der Waals surface area contributed by atoms with Crippen molar-refractivity contribution in [2.45, 2.75) is 31.3 Å². The molecule has 1 aromatic carbocycles. The number of ether oxygens (including phenoxy) is 1. The number of hydrogen-bond acceptors (Lipinski definition) is 6. The van der Waals surface area contributed by atoms with E-state index >= 15 is 4.39 Å².